The van der Waals surface area contributed by atoms with Crippen molar-refractivity contribution in [3.05, 3.63) is 19.8 Å². The predicted molar refractivity (Wildman–Crippen MR) is 64.1 cm³/mol. The summed E-state index contributed by atoms with van der Waals surface area (Å²) in [5, 5.41) is 8.81. The Balaban J connectivity index is 2.89. The van der Waals surface area contributed by atoms with E-state index in [9.17, 15) is 18.0 Å². The zero-order valence-corrected chi connectivity index (χ0v) is 11.4. The van der Waals surface area contributed by atoms with Gasteiger partial charge >= 0.3 is 12.1 Å². The molecule has 0 saturated carbocycles. The number of carboxylic acids is 1. The maximum Gasteiger partial charge on any atom is 0.419 e. The van der Waals surface area contributed by atoms with Gasteiger partial charge in [0.15, 0.2) is 0 Å². The highest BCUT2D eigenvalue weighted by Gasteiger charge is 2.40. The minimum Gasteiger partial charge on any atom is -0.477 e. The first-order valence-corrected chi connectivity index (χ1v) is 6.68. The molecule has 2 rings (SSSR count). The summed E-state index contributed by atoms with van der Waals surface area (Å²) in [6, 6.07) is 0. The standard InChI is InChI=1S/C9H4BrF3O2S2/c1-2-4(10)7-5(16-2)3(9(11,12)13)6(17-7)8(14)15/h1H3,(H,14,15). The number of carbonyl (C=O) groups is 1. The topological polar surface area (TPSA) is 37.3 Å². The van der Waals surface area contributed by atoms with Gasteiger partial charge in [-0.3, -0.25) is 0 Å². The Morgan fingerprint density at radius 3 is 2.35 bits per heavy atom. The van der Waals surface area contributed by atoms with Crippen LogP contribution < -0.4 is 0 Å². The summed E-state index contributed by atoms with van der Waals surface area (Å²) < 4.78 is 39.4. The Kier molecular flexibility index (Phi) is 2.99. The molecule has 0 radical (unpaired) electrons. The summed E-state index contributed by atoms with van der Waals surface area (Å²) in [5.41, 5.74) is -1.04. The number of carboxylic acid groups (broad SMARTS) is 1. The molecule has 2 aromatic rings. The highest BCUT2D eigenvalue weighted by molar-refractivity contribution is 9.10. The molecule has 0 spiro atoms. The van der Waals surface area contributed by atoms with Crippen molar-refractivity contribution in [2.45, 2.75) is 13.1 Å². The molecule has 8 heteroatoms. The van der Waals surface area contributed by atoms with Crippen LogP contribution in [0.5, 0.6) is 0 Å². The second-order valence-corrected chi connectivity index (χ2v) is 6.28. The quantitative estimate of drug-likeness (QED) is 0.810. The third-order valence-corrected chi connectivity index (χ3v) is 6.07. The first-order chi connectivity index (χ1) is 7.73. The SMILES string of the molecule is Cc1sc2c(C(F)(F)F)c(C(=O)O)sc2c1Br. The Hall–Kier alpha value is -0.600. The molecule has 2 aromatic heterocycles. The molecule has 0 unspecified atom stereocenters. The highest BCUT2D eigenvalue weighted by Crippen LogP contribution is 2.49. The highest BCUT2D eigenvalue weighted by atomic mass is 79.9. The van der Waals surface area contributed by atoms with Crippen LogP contribution in [-0.4, -0.2) is 11.1 Å². The van der Waals surface area contributed by atoms with Crippen LogP contribution in [0.15, 0.2) is 4.47 Å². The van der Waals surface area contributed by atoms with Gasteiger partial charge in [0.1, 0.15) is 4.88 Å². The number of aryl methyl sites for hydroxylation is 1. The summed E-state index contributed by atoms with van der Waals surface area (Å²) in [6.07, 6.45) is -4.65. The van der Waals surface area contributed by atoms with Gasteiger partial charge in [-0.25, -0.2) is 4.79 Å². The summed E-state index contributed by atoms with van der Waals surface area (Å²) in [4.78, 5) is 10.9. The summed E-state index contributed by atoms with van der Waals surface area (Å²) in [5.74, 6) is -1.55. The van der Waals surface area contributed by atoms with Crippen LogP contribution in [0.25, 0.3) is 9.40 Å². The zero-order chi connectivity index (χ0) is 13.0. The number of rotatable bonds is 1. The van der Waals surface area contributed by atoms with Crippen LogP contribution in [-0.2, 0) is 6.18 Å². The fourth-order valence-electron chi connectivity index (χ4n) is 1.42. The molecule has 0 atom stereocenters. The smallest absolute Gasteiger partial charge is 0.419 e. The monoisotopic (exact) mass is 344 g/mol. The lowest BCUT2D eigenvalue weighted by Gasteiger charge is -2.05. The molecule has 2 nitrogen and oxygen atoms in total. The first kappa shape index (κ1) is 12.8. The van der Waals surface area contributed by atoms with E-state index in [4.69, 9.17) is 5.11 Å². The van der Waals surface area contributed by atoms with E-state index in [0.29, 0.717) is 25.4 Å². The lowest BCUT2D eigenvalue weighted by molar-refractivity contribution is -0.136. The van der Waals surface area contributed by atoms with E-state index < -0.39 is 22.6 Å². The van der Waals surface area contributed by atoms with E-state index in [1.165, 1.54) is 0 Å². The van der Waals surface area contributed by atoms with Gasteiger partial charge in [0.05, 0.1) is 15.0 Å². The molecular formula is C9H4BrF3O2S2. The molecule has 92 valence electrons. The average Bonchev–Trinajstić information content (AvgIpc) is 2.65. The summed E-state index contributed by atoms with van der Waals surface area (Å²) >= 11 is 4.78. The molecular weight excluding hydrogens is 341 g/mol. The Morgan fingerprint density at radius 1 is 1.29 bits per heavy atom. The van der Waals surface area contributed by atoms with Crippen molar-refractivity contribution >= 4 is 54.0 Å². The van der Waals surface area contributed by atoms with Gasteiger partial charge in [-0.2, -0.15) is 13.2 Å². The van der Waals surface area contributed by atoms with Crippen LogP contribution in [0.4, 0.5) is 13.2 Å². The summed E-state index contributed by atoms with van der Waals surface area (Å²) in [6.45, 7) is 1.68. The van der Waals surface area contributed by atoms with Crippen molar-refractivity contribution in [3.63, 3.8) is 0 Å². The van der Waals surface area contributed by atoms with Gasteiger partial charge in [-0.05, 0) is 22.9 Å². The number of halogens is 4. The molecule has 17 heavy (non-hydrogen) atoms. The maximum atomic E-state index is 12.8. The minimum absolute atomic E-state index is 0.00993. The lowest BCUT2D eigenvalue weighted by atomic mass is 10.2. The van der Waals surface area contributed by atoms with Gasteiger partial charge in [-0.1, -0.05) is 0 Å². The van der Waals surface area contributed by atoms with Gasteiger partial charge in [0.25, 0.3) is 0 Å². The van der Waals surface area contributed by atoms with Gasteiger partial charge in [0, 0.05) is 9.35 Å². The van der Waals surface area contributed by atoms with E-state index in [-0.39, 0.29) is 4.70 Å². The summed E-state index contributed by atoms with van der Waals surface area (Å²) in [7, 11) is 0. The van der Waals surface area contributed by atoms with E-state index >= 15 is 0 Å². The van der Waals surface area contributed by atoms with Crippen LogP contribution in [0, 0.1) is 6.92 Å². The van der Waals surface area contributed by atoms with E-state index in [1.807, 2.05) is 0 Å². The number of thiophene rings is 2. The Labute approximate surface area is 110 Å². The van der Waals surface area contributed by atoms with Crippen molar-refractivity contribution in [1.29, 1.82) is 0 Å². The van der Waals surface area contributed by atoms with Crippen LogP contribution in [0.1, 0.15) is 20.1 Å². The fraction of sp³-hybridized carbons (Fsp3) is 0.222. The van der Waals surface area contributed by atoms with Crippen LogP contribution in [0.2, 0.25) is 0 Å². The Morgan fingerprint density at radius 2 is 1.88 bits per heavy atom. The third-order valence-electron chi connectivity index (χ3n) is 2.11. The molecule has 0 saturated heterocycles. The van der Waals surface area contributed by atoms with Crippen molar-refractivity contribution < 1.29 is 23.1 Å². The van der Waals surface area contributed by atoms with E-state index in [0.717, 1.165) is 11.3 Å². The molecule has 0 aliphatic carbocycles. The number of hydrogen-bond donors (Lipinski definition) is 1. The first-order valence-electron chi connectivity index (χ1n) is 4.25. The van der Waals surface area contributed by atoms with Crippen molar-refractivity contribution in [2.24, 2.45) is 0 Å². The maximum absolute atomic E-state index is 12.8. The molecule has 0 aromatic carbocycles. The number of alkyl halides is 3. The molecule has 2 heterocycles. The average molecular weight is 345 g/mol. The van der Waals surface area contributed by atoms with E-state index in [2.05, 4.69) is 15.9 Å². The number of hydrogen-bond acceptors (Lipinski definition) is 3. The molecule has 0 fully saturated rings. The third kappa shape index (κ3) is 1.98. The minimum atomic E-state index is -4.65. The number of fused-ring (bicyclic) bond motifs is 1. The van der Waals surface area contributed by atoms with Gasteiger partial charge in [-0.15, -0.1) is 22.7 Å². The predicted octanol–water partition coefficient (Wildman–Crippen LogP) is 4.75. The zero-order valence-electron chi connectivity index (χ0n) is 8.18. The van der Waals surface area contributed by atoms with Crippen LogP contribution >= 0.6 is 38.6 Å². The fourth-order valence-corrected chi connectivity index (χ4v) is 4.68. The van der Waals surface area contributed by atoms with Crippen molar-refractivity contribution in [3.8, 4) is 0 Å². The molecule has 0 bridgehead atoms. The van der Waals surface area contributed by atoms with Crippen LogP contribution in [0.3, 0.4) is 0 Å². The number of aromatic carboxylic acids is 1. The molecule has 0 aliphatic rings. The van der Waals surface area contributed by atoms with E-state index in [1.54, 1.807) is 6.92 Å². The van der Waals surface area contributed by atoms with Gasteiger partial charge < -0.3 is 5.11 Å². The largest absolute Gasteiger partial charge is 0.477 e. The second-order valence-electron chi connectivity index (χ2n) is 3.24. The normalized spacial score (nSPS) is 12.3. The van der Waals surface area contributed by atoms with Crippen molar-refractivity contribution in [2.75, 3.05) is 0 Å². The lowest BCUT2D eigenvalue weighted by Crippen LogP contribution is -2.09. The van der Waals surface area contributed by atoms with Crippen molar-refractivity contribution in [1.82, 2.24) is 0 Å². The Bertz CT molecular complexity index is 612. The molecule has 0 amide bonds. The van der Waals surface area contributed by atoms with Gasteiger partial charge in [0.2, 0.25) is 0 Å². The molecule has 1 N–H and O–H groups in total. The molecule has 0 aliphatic heterocycles. The second kappa shape index (κ2) is 3.96.